The van der Waals surface area contributed by atoms with Crippen molar-refractivity contribution in [3.63, 3.8) is 0 Å². The van der Waals surface area contributed by atoms with Gasteiger partial charge in [-0.3, -0.25) is 0 Å². The standard InChI is InChI=1S/C19H15Cl3O6/c20-13-5-1-11(2-6-13)17(23)26-10-16-15(9-19(22,25)28-16)27-18(24)12-3-7-14(21)8-4-12/h1-8,15-16,25H,9-10H2/t15-,16+,19-/m0/s1. The zero-order chi connectivity index (χ0) is 20.3. The normalized spacial score (nSPS) is 24.0. The van der Waals surface area contributed by atoms with Gasteiger partial charge < -0.3 is 19.3 Å². The quantitative estimate of drug-likeness (QED) is 0.552. The van der Waals surface area contributed by atoms with E-state index in [2.05, 4.69) is 0 Å². The molecule has 0 bridgehead atoms. The fraction of sp³-hybridized carbons (Fsp3) is 0.263. The first-order valence-corrected chi connectivity index (χ1v) is 9.35. The van der Waals surface area contributed by atoms with E-state index < -0.39 is 29.4 Å². The number of carbonyl (C=O) groups is 2. The summed E-state index contributed by atoms with van der Waals surface area (Å²) in [5.74, 6) is -1.26. The molecule has 0 saturated carbocycles. The highest BCUT2D eigenvalue weighted by atomic mass is 35.5. The van der Waals surface area contributed by atoms with Gasteiger partial charge in [0, 0.05) is 10.0 Å². The van der Waals surface area contributed by atoms with Gasteiger partial charge in [-0.05, 0) is 48.5 Å². The van der Waals surface area contributed by atoms with Crippen LogP contribution in [0.3, 0.4) is 0 Å². The third-order valence-corrected chi connectivity index (χ3v) is 4.74. The molecule has 3 rings (SSSR count). The summed E-state index contributed by atoms with van der Waals surface area (Å²) < 4.78 is 15.8. The molecule has 1 aliphatic heterocycles. The van der Waals surface area contributed by atoms with E-state index in [4.69, 9.17) is 49.0 Å². The second-order valence-electron chi connectivity index (χ2n) is 6.11. The number of aliphatic hydroxyl groups is 1. The van der Waals surface area contributed by atoms with Gasteiger partial charge in [0.1, 0.15) is 18.8 Å². The number of hydrogen-bond donors (Lipinski definition) is 1. The number of benzene rings is 2. The number of hydrogen-bond acceptors (Lipinski definition) is 6. The molecular weight excluding hydrogens is 431 g/mol. The fourth-order valence-electron chi connectivity index (χ4n) is 2.61. The number of carbonyl (C=O) groups excluding carboxylic acids is 2. The van der Waals surface area contributed by atoms with Crippen LogP contribution >= 0.6 is 34.8 Å². The Morgan fingerprint density at radius 3 is 2.04 bits per heavy atom. The monoisotopic (exact) mass is 444 g/mol. The lowest BCUT2D eigenvalue weighted by Gasteiger charge is -2.18. The van der Waals surface area contributed by atoms with Crippen molar-refractivity contribution < 1.29 is 28.9 Å². The van der Waals surface area contributed by atoms with Crippen LogP contribution in [-0.4, -0.2) is 41.1 Å². The van der Waals surface area contributed by atoms with Gasteiger partial charge in [0.05, 0.1) is 17.5 Å². The number of esters is 2. The fourth-order valence-corrected chi connectivity index (χ4v) is 3.13. The number of alkyl halides is 1. The predicted molar refractivity (Wildman–Crippen MR) is 103 cm³/mol. The Kier molecular flexibility index (Phi) is 6.47. The molecule has 6 nitrogen and oxygen atoms in total. The van der Waals surface area contributed by atoms with Crippen LogP contribution in [0.25, 0.3) is 0 Å². The maximum atomic E-state index is 12.3. The van der Waals surface area contributed by atoms with Crippen LogP contribution in [0.1, 0.15) is 27.1 Å². The highest BCUT2D eigenvalue weighted by molar-refractivity contribution is 6.31. The third kappa shape index (κ3) is 5.37. The molecule has 2 aromatic rings. The molecule has 148 valence electrons. The van der Waals surface area contributed by atoms with Gasteiger partial charge in [-0.2, -0.15) is 0 Å². The molecule has 1 N–H and O–H groups in total. The molecule has 0 aromatic heterocycles. The molecule has 9 heteroatoms. The van der Waals surface area contributed by atoms with Crippen molar-refractivity contribution in [2.45, 2.75) is 23.9 Å². The van der Waals surface area contributed by atoms with Gasteiger partial charge >= 0.3 is 11.9 Å². The molecule has 0 spiro atoms. The number of ether oxygens (including phenoxy) is 3. The van der Waals surface area contributed by atoms with Crippen molar-refractivity contribution in [2.75, 3.05) is 6.61 Å². The molecule has 0 aliphatic carbocycles. The van der Waals surface area contributed by atoms with Gasteiger partial charge in [0.2, 0.25) is 5.25 Å². The van der Waals surface area contributed by atoms with Gasteiger partial charge in [-0.1, -0.05) is 34.8 Å². The molecule has 1 fully saturated rings. The zero-order valence-corrected chi connectivity index (χ0v) is 16.6. The van der Waals surface area contributed by atoms with Crippen molar-refractivity contribution in [3.05, 3.63) is 69.7 Å². The summed E-state index contributed by atoms with van der Waals surface area (Å²) in [6.45, 7) is -0.269. The van der Waals surface area contributed by atoms with E-state index in [9.17, 15) is 14.7 Å². The summed E-state index contributed by atoms with van der Waals surface area (Å²) in [7, 11) is 0. The van der Waals surface area contributed by atoms with Gasteiger partial charge in [0.15, 0.2) is 0 Å². The Balaban J connectivity index is 1.63. The summed E-state index contributed by atoms with van der Waals surface area (Å²) in [4.78, 5) is 24.4. The smallest absolute Gasteiger partial charge is 0.338 e. The summed E-state index contributed by atoms with van der Waals surface area (Å²) in [6.07, 6.45) is -2.03. The zero-order valence-electron chi connectivity index (χ0n) is 14.3. The van der Waals surface area contributed by atoms with E-state index in [1.165, 1.54) is 24.3 Å². The van der Waals surface area contributed by atoms with Crippen molar-refractivity contribution in [3.8, 4) is 0 Å². The summed E-state index contributed by atoms with van der Waals surface area (Å²) in [6, 6.07) is 12.2. The van der Waals surface area contributed by atoms with E-state index in [-0.39, 0.29) is 18.6 Å². The first kappa shape index (κ1) is 20.9. The lowest BCUT2D eigenvalue weighted by Crippen LogP contribution is -2.32. The van der Waals surface area contributed by atoms with E-state index in [1.54, 1.807) is 24.3 Å². The largest absolute Gasteiger partial charge is 0.459 e. The maximum Gasteiger partial charge on any atom is 0.338 e. The molecule has 28 heavy (non-hydrogen) atoms. The Morgan fingerprint density at radius 2 is 1.50 bits per heavy atom. The van der Waals surface area contributed by atoms with E-state index in [1.807, 2.05) is 0 Å². The molecule has 1 saturated heterocycles. The first-order valence-electron chi connectivity index (χ1n) is 8.22. The lowest BCUT2D eigenvalue weighted by atomic mass is 10.1. The second kappa shape index (κ2) is 8.68. The first-order chi connectivity index (χ1) is 13.2. The van der Waals surface area contributed by atoms with Crippen LogP contribution < -0.4 is 0 Å². The molecule has 2 aromatic carbocycles. The van der Waals surface area contributed by atoms with Crippen molar-refractivity contribution in [1.29, 1.82) is 0 Å². The average molecular weight is 446 g/mol. The van der Waals surface area contributed by atoms with Crippen molar-refractivity contribution in [2.24, 2.45) is 0 Å². The minimum absolute atomic E-state index is 0.183. The number of rotatable bonds is 5. The Bertz CT molecular complexity index is 851. The molecule has 0 radical (unpaired) electrons. The molecule has 1 heterocycles. The molecular formula is C19H15Cl3O6. The van der Waals surface area contributed by atoms with Gasteiger partial charge in [-0.25, -0.2) is 9.59 Å². The van der Waals surface area contributed by atoms with E-state index in [0.717, 1.165) is 0 Å². The third-order valence-electron chi connectivity index (χ3n) is 4.00. The Labute approximate surface area is 175 Å². The van der Waals surface area contributed by atoms with Crippen LogP contribution in [0.15, 0.2) is 48.5 Å². The molecule has 0 unspecified atom stereocenters. The topological polar surface area (TPSA) is 82.1 Å². The summed E-state index contributed by atoms with van der Waals surface area (Å²) in [5.41, 5.74) is 0.560. The number of halogens is 3. The van der Waals surface area contributed by atoms with E-state index in [0.29, 0.717) is 15.6 Å². The minimum atomic E-state index is -2.03. The van der Waals surface area contributed by atoms with Gasteiger partial charge in [0.25, 0.3) is 0 Å². The van der Waals surface area contributed by atoms with Crippen LogP contribution in [0.5, 0.6) is 0 Å². The van der Waals surface area contributed by atoms with Crippen molar-refractivity contribution in [1.82, 2.24) is 0 Å². The van der Waals surface area contributed by atoms with E-state index >= 15 is 0 Å². The van der Waals surface area contributed by atoms with Crippen LogP contribution in [0.4, 0.5) is 0 Å². The Morgan fingerprint density at radius 1 is 1.00 bits per heavy atom. The van der Waals surface area contributed by atoms with Crippen molar-refractivity contribution >= 4 is 46.7 Å². The van der Waals surface area contributed by atoms with Crippen LogP contribution in [-0.2, 0) is 14.2 Å². The highest BCUT2D eigenvalue weighted by Crippen LogP contribution is 2.34. The second-order valence-corrected chi connectivity index (χ2v) is 7.57. The summed E-state index contributed by atoms with van der Waals surface area (Å²) >= 11 is 17.4. The lowest BCUT2D eigenvalue weighted by molar-refractivity contribution is -0.140. The maximum absolute atomic E-state index is 12.3. The Hall–Kier alpha value is -1.83. The molecule has 3 atom stereocenters. The minimum Gasteiger partial charge on any atom is -0.459 e. The SMILES string of the molecule is O=C(OC[C@H]1O[C@](O)(Cl)C[C@@H]1OC(=O)c1ccc(Cl)cc1)c1ccc(Cl)cc1. The average Bonchev–Trinajstić information content (AvgIpc) is 2.94. The predicted octanol–water partition coefficient (Wildman–Crippen LogP) is 4.05. The molecule has 1 aliphatic rings. The highest BCUT2D eigenvalue weighted by Gasteiger charge is 2.47. The summed E-state index contributed by atoms with van der Waals surface area (Å²) in [5, 5.41) is 8.88. The van der Waals surface area contributed by atoms with Crippen LogP contribution in [0.2, 0.25) is 10.0 Å². The van der Waals surface area contributed by atoms with Crippen LogP contribution in [0, 0.1) is 0 Å². The molecule has 0 amide bonds. The van der Waals surface area contributed by atoms with Gasteiger partial charge in [-0.15, -0.1) is 0 Å².